The zero-order valence-electron chi connectivity index (χ0n) is 10.2. The van der Waals surface area contributed by atoms with Crippen LogP contribution < -0.4 is 0 Å². The first-order valence-electron chi connectivity index (χ1n) is 5.56. The molecule has 0 radical (unpaired) electrons. The van der Waals surface area contributed by atoms with Gasteiger partial charge in [-0.25, -0.2) is 4.39 Å². The van der Waals surface area contributed by atoms with E-state index in [1.165, 1.54) is 23.9 Å². The lowest BCUT2D eigenvalue weighted by molar-refractivity contribution is -0.142. The summed E-state index contributed by atoms with van der Waals surface area (Å²) in [6.07, 6.45) is 1.93. The summed E-state index contributed by atoms with van der Waals surface area (Å²) in [5, 5.41) is 0.696. The Labute approximate surface area is 108 Å². The van der Waals surface area contributed by atoms with Crippen LogP contribution >= 0.6 is 11.8 Å². The number of benzene rings is 1. The number of rotatable bonds is 4. The number of halogens is 1. The van der Waals surface area contributed by atoms with Crippen LogP contribution in [-0.4, -0.2) is 18.8 Å². The first kappa shape index (κ1) is 13.0. The summed E-state index contributed by atoms with van der Waals surface area (Å²) in [4.78, 5) is 12.2. The smallest absolute Gasteiger partial charge is 0.313 e. The molecule has 1 aromatic heterocycles. The van der Waals surface area contributed by atoms with E-state index in [0.717, 1.165) is 4.90 Å². The van der Waals surface area contributed by atoms with E-state index < -0.39 is 0 Å². The van der Waals surface area contributed by atoms with Crippen molar-refractivity contribution >= 4 is 28.7 Å². The summed E-state index contributed by atoms with van der Waals surface area (Å²) in [6.45, 7) is 2.09. The third-order valence-electron chi connectivity index (χ3n) is 2.49. The Bertz CT molecular complexity index is 577. The van der Waals surface area contributed by atoms with E-state index in [9.17, 15) is 9.18 Å². The van der Waals surface area contributed by atoms with Crippen LogP contribution in [0.1, 0.15) is 12.7 Å². The highest BCUT2D eigenvalue weighted by molar-refractivity contribution is 7.98. The van der Waals surface area contributed by atoms with Crippen LogP contribution in [-0.2, 0) is 16.0 Å². The van der Waals surface area contributed by atoms with Crippen molar-refractivity contribution in [1.29, 1.82) is 0 Å². The van der Waals surface area contributed by atoms with Crippen LogP contribution in [0.4, 0.5) is 4.39 Å². The Morgan fingerprint density at radius 2 is 2.28 bits per heavy atom. The van der Waals surface area contributed by atoms with Gasteiger partial charge in [0.1, 0.15) is 23.6 Å². The second-order valence-corrected chi connectivity index (χ2v) is 4.50. The lowest BCUT2D eigenvalue weighted by Crippen LogP contribution is -2.07. The lowest BCUT2D eigenvalue weighted by Gasteiger charge is -2.00. The SMILES string of the molecule is CCOC(=O)Cc1oc2ccc(F)cc2c1SC. The van der Waals surface area contributed by atoms with Crippen molar-refractivity contribution in [3.63, 3.8) is 0 Å². The van der Waals surface area contributed by atoms with Crippen LogP contribution in [0.15, 0.2) is 27.5 Å². The Hall–Kier alpha value is -1.49. The third-order valence-corrected chi connectivity index (χ3v) is 3.34. The van der Waals surface area contributed by atoms with Crippen LogP contribution in [0, 0.1) is 5.82 Å². The first-order valence-corrected chi connectivity index (χ1v) is 6.78. The minimum absolute atomic E-state index is 0.0698. The van der Waals surface area contributed by atoms with Crippen molar-refractivity contribution in [3.05, 3.63) is 29.8 Å². The molecule has 0 atom stereocenters. The molecule has 0 N–H and O–H groups in total. The van der Waals surface area contributed by atoms with Crippen molar-refractivity contribution in [3.8, 4) is 0 Å². The van der Waals surface area contributed by atoms with Gasteiger partial charge >= 0.3 is 5.97 Å². The van der Waals surface area contributed by atoms with Crippen LogP contribution in [0.25, 0.3) is 11.0 Å². The Kier molecular flexibility index (Phi) is 3.91. The van der Waals surface area contributed by atoms with E-state index in [-0.39, 0.29) is 18.2 Å². The molecule has 18 heavy (non-hydrogen) atoms. The summed E-state index contributed by atoms with van der Waals surface area (Å²) in [7, 11) is 0. The predicted molar refractivity (Wildman–Crippen MR) is 68.3 cm³/mol. The standard InChI is InChI=1S/C13H13FO3S/c1-3-16-12(15)7-11-13(18-2)9-6-8(14)4-5-10(9)17-11/h4-6H,3,7H2,1-2H3. The summed E-state index contributed by atoms with van der Waals surface area (Å²) in [6, 6.07) is 4.32. The molecular formula is C13H13FO3S. The monoisotopic (exact) mass is 268 g/mol. The number of hydrogen-bond donors (Lipinski definition) is 0. The van der Waals surface area contributed by atoms with Gasteiger partial charge in [0.05, 0.1) is 11.5 Å². The summed E-state index contributed by atoms with van der Waals surface area (Å²) in [5.74, 6) is -0.129. The molecule has 0 fully saturated rings. The summed E-state index contributed by atoms with van der Waals surface area (Å²) < 4.78 is 23.7. The number of esters is 1. The van der Waals surface area contributed by atoms with Gasteiger partial charge in [-0.2, -0.15) is 0 Å². The van der Waals surface area contributed by atoms with E-state index in [1.54, 1.807) is 13.0 Å². The van der Waals surface area contributed by atoms with Crippen LogP contribution in [0.5, 0.6) is 0 Å². The highest BCUT2D eigenvalue weighted by atomic mass is 32.2. The number of fused-ring (bicyclic) bond motifs is 1. The Morgan fingerprint density at radius 3 is 2.94 bits per heavy atom. The van der Waals surface area contributed by atoms with Gasteiger partial charge in [-0.15, -0.1) is 11.8 Å². The van der Waals surface area contributed by atoms with Gasteiger partial charge in [0, 0.05) is 5.39 Å². The highest BCUT2D eigenvalue weighted by Crippen LogP contribution is 2.33. The molecule has 5 heteroatoms. The van der Waals surface area contributed by atoms with Crippen molar-refractivity contribution < 1.29 is 18.3 Å². The molecule has 2 aromatic rings. The van der Waals surface area contributed by atoms with E-state index in [2.05, 4.69) is 0 Å². The average molecular weight is 268 g/mol. The summed E-state index contributed by atoms with van der Waals surface area (Å²) >= 11 is 1.43. The van der Waals surface area contributed by atoms with Crippen LogP contribution in [0.3, 0.4) is 0 Å². The minimum Gasteiger partial charge on any atom is -0.466 e. The third kappa shape index (κ3) is 2.51. The highest BCUT2D eigenvalue weighted by Gasteiger charge is 2.17. The fourth-order valence-electron chi connectivity index (χ4n) is 1.78. The topological polar surface area (TPSA) is 39.4 Å². The molecular weight excluding hydrogens is 255 g/mol. The predicted octanol–water partition coefficient (Wildman–Crippen LogP) is 3.40. The number of carbonyl (C=O) groups excluding carboxylic acids is 1. The Morgan fingerprint density at radius 1 is 1.50 bits per heavy atom. The van der Waals surface area contributed by atoms with Gasteiger partial charge < -0.3 is 9.15 Å². The lowest BCUT2D eigenvalue weighted by atomic mass is 10.2. The number of hydrogen-bond acceptors (Lipinski definition) is 4. The normalized spacial score (nSPS) is 10.8. The fraction of sp³-hybridized carbons (Fsp3) is 0.308. The second kappa shape index (κ2) is 5.44. The number of carbonyl (C=O) groups is 1. The molecule has 0 unspecified atom stereocenters. The van der Waals surface area contributed by atoms with Gasteiger partial charge in [-0.3, -0.25) is 4.79 Å². The molecule has 3 nitrogen and oxygen atoms in total. The molecule has 0 amide bonds. The van der Waals surface area contributed by atoms with E-state index in [0.29, 0.717) is 23.3 Å². The van der Waals surface area contributed by atoms with E-state index in [4.69, 9.17) is 9.15 Å². The molecule has 1 aromatic carbocycles. The van der Waals surface area contributed by atoms with Crippen molar-refractivity contribution in [2.45, 2.75) is 18.2 Å². The van der Waals surface area contributed by atoms with Crippen LogP contribution in [0.2, 0.25) is 0 Å². The maximum atomic E-state index is 13.2. The molecule has 0 bridgehead atoms. The quantitative estimate of drug-likeness (QED) is 0.629. The Balaban J connectivity index is 2.41. The zero-order valence-corrected chi connectivity index (χ0v) is 11.0. The maximum Gasteiger partial charge on any atom is 0.313 e. The summed E-state index contributed by atoms with van der Waals surface area (Å²) in [5.41, 5.74) is 0.583. The molecule has 0 aliphatic rings. The average Bonchev–Trinajstić information content (AvgIpc) is 2.65. The van der Waals surface area contributed by atoms with Gasteiger partial charge in [0.25, 0.3) is 0 Å². The van der Waals surface area contributed by atoms with Gasteiger partial charge in [0.15, 0.2) is 0 Å². The first-order chi connectivity index (χ1) is 8.65. The fourth-order valence-corrected chi connectivity index (χ4v) is 2.50. The molecule has 0 saturated heterocycles. The molecule has 1 heterocycles. The molecule has 2 rings (SSSR count). The van der Waals surface area contributed by atoms with Crippen molar-refractivity contribution in [2.75, 3.05) is 12.9 Å². The van der Waals surface area contributed by atoms with Gasteiger partial charge in [0.2, 0.25) is 0 Å². The maximum absolute atomic E-state index is 13.2. The van der Waals surface area contributed by atoms with Crippen molar-refractivity contribution in [1.82, 2.24) is 0 Å². The molecule has 0 aliphatic carbocycles. The molecule has 0 aliphatic heterocycles. The van der Waals surface area contributed by atoms with E-state index >= 15 is 0 Å². The number of furan rings is 1. The second-order valence-electron chi connectivity index (χ2n) is 3.68. The minimum atomic E-state index is -0.340. The number of thioether (sulfide) groups is 1. The largest absolute Gasteiger partial charge is 0.466 e. The zero-order chi connectivity index (χ0) is 13.1. The van der Waals surface area contributed by atoms with E-state index in [1.807, 2.05) is 6.26 Å². The molecule has 96 valence electrons. The molecule has 0 spiro atoms. The van der Waals surface area contributed by atoms with Crippen molar-refractivity contribution in [2.24, 2.45) is 0 Å². The van der Waals surface area contributed by atoms with Gasteiger partial charge in [-0.1, -0.05) is 0 Å². The number of ether oxygens (including phenoxy) is 1. The molecule has 0 saturated carbocycles. The van der Waals surface area contributed by atoms with Gasteiger partial charge in [-0.05, 0) is 31.4 Å².